The van der Waals surface area contributed by atoms with Crippen LogP contribution in [-0.4, -0.2) is 25.0 Å². The Balaban J connectivity index is 1.57. The van der Waals surface area contributed by atoms with Gasteiger partial charge in [-0.05, 0) is 36.8 Å². The highest BCUT2D eigenvalue weighted by Crippen LogP contribution is 2.45. The number of fused-ring (bicyclic) bond motifs is 1. The summed E-state index contributed by atoms with van der Waals surface area (Å²) in [4.78, 5) is 28.7. The summed E-state index contributed by atoms with van der Waals surface area (Å²) in [7, 11) is 0. The number of anilines is 2. The standard InChI is InChI=1S/C25H24N2O3S/c1-2-30-21-14-8-6-12-19(21)26-24(28)17-27-20-13-7-9-15-22(20)31-23(16-25(27)29)18-10-4-3-5-11-18/h3-15,23H,2,16-17H2,1H3,(H,26,28). The fourth-order valence-corrected chi connectivity index (χ4v) is 4.87. The van der Waals surface area contributed by atoms with E-state index in [-0.39, 0.29) is 23.6 Å². The topological polar surface area (TPSA) is 58.6 Å². The van der Waals surface area contributed by atoms with Crippen molar-refractivity contribution in [2.24, 2.45) is 0 Å². The number of carbonyl (C=O) groups excluding carboxylic acids is 2. The minimum atomic E-state index is -0.265. The summed E-state index contributed by atoms with van der Waals surface area (Å²) >= 11 is 1.66. The third-order valence-corrected chi connectivity index (χ3v) is 6.34. The molecular formula is C25H24N2O3S. The van der Waals surface area contributed by atoms with Gasteiger partial charge in [0.2, 0.25) is 11.8 Å². The highest BCUT2D eigenvalue weighted by Gasteiger charge is 2.30. The lowest BCUT2D eigenvalue weighted by atomic mass is 10.1. The van der Waals surface area contributed by atoms with Crippen LogP contribution in [0.5, 0.6) is 5.75 Å². The minimum absolute atomic E-state index is 0.00147. The van der Waals surface area contributed by atoms with E-state index in [0.29, 0.717) is 24.5 Å². The Morgan fingerprint density at radius 1 is 1.03 bits per heavy atom. The molecule has 2 amide bonds. The molecule has 1 N–H and O–H groups in total. The number of benzene rings is 3. The molecule has 3 aromatic carbocycles. The average molecular weight is 433 g/mol. The molecular weight excluding hydrogens is 408 g/mol. The van der Waals surface area contributed by atoms with Crippen LogP contribution in [0.15, 0.2) is 83.8 Å². The Bertz CT molecular complexity index is 1070. The van der Waals surface area contributed by atoms with Crippen molar-refractivity contribution in [1.82, 2.24) is 0 Å². The van der Waals surface area contributed by atoms with E-state index >= 15 is 0 Å². The van der Waals surface area contributed by atoms with Gasteiger partial charge in [0.1, 0.15) is 12.3 Å². The zero-order chi connectivity index (χ0) is 21.6. The van der Waals surface area contributed by atoms with Crippen LogP contribution in [0.25, 0.3) is 0 Å². The number of nitrogens with zero attached hydrogens (tertiary/aromatic N) is 1. The lowest BCUT2D eigenvalue weighted by Crippen LogP contribution is -2.38. The van der Waals surface area contributed by atoms with E-state index in [4.69, 9.17) is 4.74 Å². The van der Waals surface area contributed by atoms with Crippen LogP contribution < -0.4 is 15.0 Å². The number of thioether (sulfide) groups is 1. The van der Waals surface area contributed by atoms with E-state index in [0.717, 1.165) is 16.1 Å². The number of carbonyl (C=O) groups is 2. The largest absolute Gasteiger partial charge is 0.492 e. The third kappa shape index (κ3) is 4.91. The van der Waals surface area contributed by atoms with Crippen LogP contribution >= 0.6 is 11.8 Å². The van der Waals surface area contributed by atoms with Crippen LogP contribution in [0.2, 0.25) is 0 Å². The normalized spacial score (nSPS) is 15.7. The highest BCUT2D eigenvalue weighted by atomic mass is 32.2. The Hall–Kier alpha value is -3.25. The van der Waals surface area contributed by atoms with E-state index in [1.165, 1.54) is 0 Å². The van der Waals surface area contributed by atoms with Crippen molar-refractivity contribution >= 4 is 35.0 Å². The molecule has 3 aromatic rings. The molecule has 31 heavy (non-hydrogen) atoms. The van der Waals surface area contributed by atoms with Gasteiger partial charge in [-0.3, -0.25) is 9.59 Å². The van der Waals surface area contributed by atoms with E-state index in [1.54, 1.807) is 22.7 Å². The molecule has 0 aliphatic carbocycles. The minimum Gasteiger partial charge on any atom is -0.492 e. The van der Waals surface area contributed by atoms with Crippen molar-refractivity contribution in [1.29, 1.82) is 0 Å². The lowest BCUT2D eigenvalue weighted by molar-refractivity contribution is -0.121. The average Bonchev–Trinajstić information content (AvgIpc) is 2.92. The molecule has 0 spiro atoms. The van der Waals surface area contributed by atoms with Gasteiger partial charge in [0.25, 0.3) is 0 Å². The molecule has 1 unspecified atom stereocenters. The summed E-state index contributed by atoms with van der Waals surface area (Å²) in [5.74, 6) is 0.277. The molecule has 0 fully saturated rings. The summed E-state index contributed by atoms with van der Waals surface area (Å²) in [6.45, 7) is 2.34. The second-order valence-electron chi connectivity index (χ2n) is 7.15. The second-order valence-corrected chi connectivity index (χ2v) is 8.39. The van der Waals surface area contributed by atoms with Gasteiger partial charge >= 0.3 is 0 Å². The first-order chi connectivity index (χ1) is 15.2. The molecule has 0 aromatic heterocycles. The van der Waals surface area contributed by atoms with Crippen LogP contribution in [0, 0.1) is 0 Å². The quantitative estimate of drug-likeness (QED) is 0.575. The van der Waals surface area contributed by atoms with E-state index in [9.17, 15) is 9.59 Å². The Morgan fingerprint density at radius 2 is 1.74 bits per heavy atom. The Morgan fingerprint density at radius 3 is 2.55 bits per heavy atom. The molecule has 0 saturated heterocycles. The summed E-state index contributed by atoms with van der Waals surface area (Å²) in [6.07, 6.45) is 0.326. The van der Waals surface area contributed by atoms with Crippen LogP contribution in [0.1, 0.15) is 24.2 Å². The van der Waals surface area contributed by atoms with Crippen molar-refractivity contribution < 1.29 is 14.3 Å². The van der Waals surface area contributed by atoms with Gasteiger partial charge in [-0.25, -0.2) is 0 Å². The number of hydrogen-bond acceptors (Lipinski definition) is 4. The fraction of sp³-hybridized carbons (Fsp3) is 0.200. The molecule has 1 heterocycles. The molecule has 0 bridgehead atoms. The zero-order valence-corrected chi connectivity index (χ0v) is 18.1. The van der Waals surface area contributed by atoms with Crippen molar-refractivity contribution in [3.05, 3.63) is 84.4 Å². The summed E-state index contributed by atoms with van der Waals surface area (Å²) in [6, 6.07) is 25.1. The molecule has 158 valence electrons. The maximum absolute atomic E-state index is 13.2. The first-order valence-corrected chi connectivity index (χ1v) is 11.2. The Kier molecular flexibility index (Phi) is 6.57. The van der Waals surface area contributed by atoms with Crippen LogP contribution in [0.3, 0.4) is 0 Å². The summed E-state index contributed by atoms with van der Waals surface area (Å²) < 4.78 is 5.59. The van der Waals surface area contributed by atoms with Gasteiger partial charge in [-0.15, -0.1) is 11.8 Å². The molecule has 0 radical (unpaired) electrons. The van der Waals surface area contributed by atoms with Crippen molar-refractivity contribution in [3.63, 3.8) is 0 Å². The molecule has 5 nitrogen and oxygen atoms in total. The monoisotopic (exact) mass is 432 g/mol. The predicted molar refractivity (Wildman–Crippen MR) is 125 cm³/mol. The third-order valence-electron chi connectivity index (χ3n) is 5.02. The fourth-order valence-electron chi connectivity index (χ4n) is 3.59. The smallest absolute Gasteiger partial charge is 0.244 e. The van der Waals surface area contributed by atoms with Crippen molar-refractivity contribution in [2.45, 2.75) is 23.5 Å². The van der Waals surface area contributed by atoms with Crippen molar-refractivity contribution in [2.75, 3.05) is 23.4 Å². The van der Waals surface area contributed by atoms with Gasteiger partial charge in [0.05, 0.1) is 18.0 Å². The summed E-state index contributed by atoms with van der Waals surface area (Å²) in [5.41, 5.74) is 2.47. The first kappa shape index (κ1) is 21.0. The Labute approximate surface area is 186 Å². The molecule has 1 aliphatic rings. The lowest BCUT2D eigenvalue weighted by Gasteiger charge is -2.22. The SMILES string of the molecule is CCOc1ccccc1NC(=O)CN1C(=O)CC(c2ccccc2)Sc2ccccc21. The first-order valence-electron chi connectivity index (χ1n) is 10.3. The molecule has 1 aliphatic heterocycles. The number of amides is 2. The van der Waals surface area contributed by atoms with Gasteiger partial charge < -0.3 is 15.0 Å². The van der Waals surface area contributed by atoms with Crippen LogP contribution in [0.4, 0.5) is 11.4 Å². The number of nitrogens with one attached hydrogen (secondary N) is 1. The number of rotatable bonds is 6. The second kappa shape index (κ2) is 9.71. The maximum Gasteiger partial charge on any atom is 0.244 e. The predicted octanol–water partition coefficient (Wildman–Crippen LogP) is 5.29. The van der Waals surface area contributed by atoms with Crippen LogP contribution in [-0.2, 0) is 9.59 Å². The molecule has 4 rings (SSSR count). The number of para-hydroxylation sites is 3. The van der Waals surface area contributed by atoms with Gasteiger partial charge in [-0.1, -0.05) is 54.6 Å². The summed E-state index contributed by atoms with van der Waals surface area (Å²) in [5, 5.41) is 2.89. The highest BCUT2D eigenvalue weighted by molar-refractivity contribution is 7.99. The van der Waals surface area contributed by atoms with E-state index < -0.39 is 0 Å². The van der Waals surface area contributed by atoms with E-state index in [1.807, 2.05) is 79.7 Å². The van der Waals surface area contributed by atoms with Gasteiger partial charge in [-0.2, -0.15) is 0 Å². The number of ether oxygens (including phenoxy) is 1. The van der Waals surface area contributed by atoms with Gasteiger partial charge in [0, 0.05) is 16.6 Å². The maximum atomic E-state index is 13.2. The molecule has 0 saturated carbocycles. The molecule has 6 heteroatoms. The van der Waals surface area contributed by atoms with E-state index in [2.05, 4.69) is 5.32 Å². The molecule has 1 atom stereocenters. The van der Waals surface area contributed by atoms with Crippen molar-refractivity contribution in [3.8, 4) is 5.75 Å². The number of hydrogen-bond donors (Lipinski definition) is 1. The zero-order valence-electron chi connectivity index (χ0n) is 17.3. The van der Waals surface area contributed by atoms with Gasteiger partial charge in [0.15, 0.2) is 0 Å².